The summed E-state index contributed by atoms with van der Waals surface area (Å²) in [6.07, 6.45) is 0. The Bertz CT molecular complexity index is 697. The van der Waals surface area contributed by atoms with Crippen LogP contribution in [0.2, 0.25) is 5.02 Å². The third-order valence-electron chi connectivity index (χ3n) is 3.38. The molecule has 2 N–H and O–H groups in total. The Balaban J connectivity index is 1.93. The summed E-state index contributed by atoms with van der Waals surface area (Å²) < 4.78 is 5.69. The lowest BCUT2D eigenvalue weighted by molar-refractivity contribution is -0.124. The van der Waals surface area contributed by atoms with Crippen molar-refractivity contribution in [2.45, 2.75) is 39.4 Å². The summed E-state index contributed by atoms with van der Waals surface area (Å²) in [6, 6.07) is 15.6. The molecule has 0 aliphatic carbocycles. The molecule has 2 aromatic carbocycles. The van der Waals surface area contributed by atoms with Crippen LogP contribution in [0.4, 0.5) is 0 Å². The minimum absolute atomic E-state index is 0.0232. The van der Waals surface area contributed by atoms with Gasteiger partial charge in [-0.3, -0.25) is 4.79 Å². The van der Waals surface area contributed by atoms with Crippen molar-refractivity contribution in [2.75, 3.05) is 6.61 Å². The summed E-state index contributed by atoms with van der Waals surface area (Å²) in [6.45, 7) is 7.14. The molecular weight excluding hydrogens is 336 g/mol. The van der Waals surface area contributed by atoms with E-state index in [0.29, 0.717) is 17.3 Å². The molecule has 2 aromatic rings. The predicted octanol–water partition coefficient (Wildman–Crippen LogP) is 3.92. The first-order valence-corrected chi connectivity index (χ1v) is 8.68. The highest BCUT2D eigenvalue weighted by atomic mass is 35.5. The maximum absolute atomic E-state index is 11.9. The van der Waals surface area contributed by atoms with E-state index < -0.39 is 0 Å². The molecule has 134 valence electrons. The molecule has 0 radical (unpaired) electrons. The Morgan fingerprint density at radius 3 is 2.48 bits per heavy atom. The average molecular weight is 361 g/mol. The zero-order valence-electron chi connectivity index (χ0n) is 14.9. The van der Waals surface area contributed by atoms with Crippen molar-refractivity contribution in [1.82, 2.24) is 10.6 Å². The summed E-state index contributed by atoms with van der Waals surface area (Å²) in [7, 11) is 0. The van der Waals surface area contributed by atoms with E-state index >= 15 is 0 Å². The molecule has 0 aliphatic heterocycles. The van der Waals surface area contributed by atoms with Gasteiger partial charge in [-0.05, 0) is 44.5 Å². The SMILES string of the molecule is CC(C)(C)NC(=O)COc1ccc(Cl)cc1CNCc1ccccc1. The van der Waals surface area contributed by atoms with Crippen molar-refractivity contribution >= 4 is 17.5 Å². The second kappa shape index (κ2) is 8.88. The maximum atomic E-state index is 11.9. The van der Waals surface area contributed by atoms with E-state index in [9.17, 15) is 4.79 Å². The van der Waals surface area contributed by atoms with E-state index in [2.05, 4.69) is 22.8 Å². The number of carbonyl (C=O) groups excluding carboxylic acids is 1. The lowest BCUT2D eigenvalue weighted by Gasteiger charge is -2.21. The number of nitrogens with one attached hydrogen (secondary N) is 2. The third kappa shape index (κ3) is 7.16. The minimum atomic E-state index is -0.277. The molecule has 0 aliphatic rings. The van der Waals surface area contributed by atoms with Gasteiger partial charge in [0.25, 0.3) is 5.91 Å². The molecule has 0 atom stereocenters. The minimum Gasteiger partial charge on any atom is -0.483 e. The fraction of sp³-hybridized carbons (Fsp3) is 0.350. The quantitative estimate of drug-likeness (QED) is 0.786. The summed E-state index contributed by atoms with van der Waals surface area (Å²) in [5.41, 5.74) is 1.85. The van der Waals surface area contributed by atoms with Crippen LogP contribution in [-0.2, 0) is 17.9 Å². The monoisotopic (exact) mass is 360 g/mol. The van der Waals surface area contributed by atoms with Gasteiger partial charge >= 0.3 is 0 Å². The van der Waals surface area contributed by atoms with Crippen molar-refractivity contribution in [3.8, 4) is 5.75 Å². The van der Waals surface area contributed by atoms with Gasteiger partial charge in [-0.1, -0.05) is 41.9 Å². The van der Waals surface area contributed by atoms with Gasteiger partial charge in [-0.25, -0.2) is 0 Å². The van der Waals surface area contributed by atoms with Crippen LogP contribution in [0.25, 0.3) is 0 Å². The second-order valence-corrected chi connectivity index (χ2v) is 7.36. The zero-order chi connectivity index (χ0) is 18.3. The van der Waals surface area contributed by atoms with Crippen molar-refractivity contribution < 1.29 is 9.53 Å². The molecule has 2 rings (SSSR count). The van der Waals surface area contributed by atoms with E-state index in [4.69, 9.17) is 16.3 Å². The number of ether oxygens (including phenoxy) is 1. The molecule has 0 heterocycles. The normalized spacial score (nSPS) is 11.2. The van der Waals surface area contributed by atoms with Crippen molar-refractivity contribution in [1.29, 1.82) is 0 Å². The van der Waals surface area contributed by atoms with Gasteiger partial charge in [0.2, 0.25) is 0 Å². The Labute approximate surface area is 154 Å². The summed E-state index contributed by atoms with van der Waals surface area (Å²) in [4.78, 5) is 11.9. The molecule has 4 nitrogen and oxygen atoms in total. The van der Waals surface area contributed by atoms with Crippen LogP contribution >= 0.6 is 11.6 Å². The first-order valence-electron chi connectivity index (χ1n) is 8.30. The van der Waals surface area contributed by atoms with Crippen LogP contribution in [0.1, 0.15) is 31.9 Å². The lowest BCUT2D eigenvalue weighted by atomic mass is 10.1. The maximum Gasteiger partial charge on any atom is 0.258 e. The molecule has 0 fully saturated rings. The van der Waals surface area contributed by atoms with Gasteiger partial charge in [0.05, 0.1) is 0 Å². The number of carbonyl (C=O) groups is 1. The van der Waals surface area contributed by atoms with E-state index in [-0.39, 0.29) is 18.1 Å². The van der Waals surface area contributed by atoms with Crippen molar-refractivity contribution in [3.63, 3.8) is 0 Å². The molecular formula is C20H25ClN2O2. The lowest BCUT2D eigenvalue weighted by Crippen LogP contribution is -2.43. The Hall–Kier alpha value is -2.04. The number of halogens is 1. The fourth-order valence-electron chi connectivity index (χ4n) is 2.36. The number of benzene rings is 2. The van der Waals surface area contributed by atoms with Gasteiger partial charge in [0, 0.05) is 29.2 Å². The Kier molecular flexibility index (Phi) is 6.85. The van der Waals surface area contributed by atoms with Gasteiger partial charge in [0.15, 0.2) is 6.61 Å². The first kappa shape index (κ1) is 19.3. The molecule has 0 bridgehead atoms. The molecule has 0 saturated heterocycles. The highest BCUT2D eigenvalue weighted by Gasteiger charge is 2.14. The molecule has 25 heavy (non-hydrogen) atoms. The third-order valence-corrected chi connectivity index (χ3v) is 3.62. The number of rotatable bonds is 7. The molecule has 5 heteroatoms. The summed E-state index contributed by atoms with van der Waals surface area (Å²) in [5, 5.41) is 6.89. The molecule has 0 aromatic heterocycles. The van der Waals surface area contributed by atoms with Gasteiger partial charge in [-0.2, -0.15) is 0 Å². The van der Waals surface area contributed by atoms with Crippen LogP contribution in [-0.4, -0.2) is 18.1 Å². The van der Waals surface area contributed by atoms with Crippen LogP contribution in [0.5, 0.6) is 5.75 Å². The Morgan fingerprint density at radius 2 is 1.80 bits per heavy atom. The number of amides is 1. The van der Waals surface area contributed by atoms with Gasteiger partial charge in [0.1, 0.15) is 5.75 Å². The second-order valence-electron chi connectivity index (χ2n) is 6.93. The summed E-state index contributed by atoms with van der Waals surface area (Å²) in [5.74, 6) is 0.514. The van der Waals surface area contributed by atoms with Crippen LogP contribution < -0.4 is 15.4 Å². The topological polar surface area (TPSA) is 50.4 Å². The van der Waals surface area contributed by atoms with Gasteiger partial charge in [-0.15, -0.1) is 0 Å². The molecule has 1 amide bonds. The van der Waals surface area contributed by atoms with Crippen LogP contribution in [0.3, 0.4) is 0 Å². The largest absolute Gasteiger partial charge is 0.483 e. The fourth-order valence-corrected chi connectivity index (χ4v) is 2.56. The summed E-state index contributed by atoms with van der Waals surface area (Å²) >= 11 is 6.10. The van der Waals surface area contributed by atoms with E-state index in [1.54, 1.807) is 12.1 Å². The van der Waals surface area contributed by atoms with Crippen LogP contribution in [0, 0.1) is 0 Å². The highest BCUT2D eigenvalue weighted by molar-refractivity contribution is 6.30. The van der Waals surface area contributed by atoms with E-state index in [1.165, 1.54) is 5.56 Å². The van der Waals surface area contributed by atoms with Gasteiger partial charge < -0.3 is 15.4 Å². The number of hydrogen-bond acceptors (Lipinski definition) is 3. The Morgan fingerprint density at radius 1 is 1.08 bits per heavy atom. The molecule has 0 saturated carbocycles. The predicted molar refractivity (Wildman–Crippen MR) is 102 cm³/mol. The molecule has 0 unspecified atom stereocenters. The smallest absolute Gasteiger partial charge is 0.258 e. The zero-order valence-corrected chi connectivity index (χ0v) is 15.7. The van der Waals surface area contributed by atoms with E-state index in [0.717, 1.165) is 12.1 Å². The highest BCUT2D eigenvalue weighted by Crippen LogP contribution is 2.23. The van der Waals surface area contributed by atoms with Crippen molar-refractivity contribution in [3.05, 3.63) is 64.7 Å². The standard InChI is InChI=1S/C20H25ClN2O2/c1-20(2,3)23-19(24)14-25-18-10-9-17(21)11-16(18)13-22-12-15-7-5-4-6-8-15/h4-11,22H,12-14H2,1-3H3,(H,23,24). The number of hydrogen-bond donors (Lipinski definition) is 2. The van der Waals surface area contributed by atoms with E-state index in [1.807, 2.05) is 45.0 Å². The molecule has 0 spiro atoms. The van der Waals surface area contributed by atoms with Crippen LogP contribution in [0.15, 0.2) is 48.5 Å². The average Bonchev–Trinajstić information content (AvgIpc) is 2.53. The first-order chi connectivity index (χ1) is 11.8. The van der Waals surface area contributed by atoms with Crippen molar-refractivity contribution in [2.24, 2.45) is 0 Å².